The summed E-state index contributed by atoms with van der Waals surface area (Å²) in [5.74, 6) is -0.187. The minimum Gasteiger partial charge on any atom is -0.506 e. The van der Waals surface area contributed by atoms with Crippen molar-refractivity contribution in [3.05, 3.63) is 18.2 Å². The highest BCUT2D eigenvalue weighted by Crippen LogP contribution is 2.22. The van der Waals surface area contributed by atoms with Crippen LogP contribution in [0.3, 0.4) is 0 Å². The number of aliphatic hydroxyl groups excluding tert-OH is 1. The summed E-state index contributed by atoms with van der Waals surface area (Å²) in [5, 5.41) is 18.5. The number of benzene rings is 1. The number of ether oxygens (including phenoxy) is 1. The number of rotatable bonds is 6. The van der Waals surface area contributed by atoms with Crippen molar-refractivity contribution in [3.63, 3.8) is 0 Å². The van der Waals surface area contributed by atoms with Crippen molar-refractivity contribution >= 4 is 15.7 Å². The Kier molecular flexibility index (Phi) is 4.91. The first-order valence-electron chi connectivity index (χ1n) is 5.12. The number of anilines is 1. The van der Waals surface area contributed by atoms with Crippen molar-refractivity contribution in [2.24, 2.45) is 0 Å². The van der Waals surface area contributed by atoms with E-state index in [0.717, 1.165) is 6.07 Å². The zero-order chi connectivity index (χ0) is 13.8. The third-order valence-corrected chi connectivity index (χ3v) is 3.60. The number of aliphatic hydroxyl groups is 1. The summed E-state index contributed by atoms with van der Waals surface area (Å²) in [6.07, 6.45) is -0.931. The maximum Gasteiger partial charge on any atom is 0.240 e. The number of nitrogen functional groups attached to an aromatic ring is 1. The van der Waals surface area contributed by atoms with Crippen LogP contribution in [-0.4, -0.2) is 45.0 Å². The Hall–Kier alpha value is -1.35. The maximum atomic E-state index is 11.8. The predicted molar refractivity (Wildman–Crippen MR) is 65.6 cm³/mol. The molecule has 0 bridgehead atoms. The van der Waals surface area contributed by atoms with E-state index in [4.69, 9.17) is 5.73 Å². The van der Waals surface area contributed by atoms with Crippen LogP contribution >= 0.6 is 0 Å². The molecule has 1 aromatic rings. The molecule has 0 amide bonds. The first-order valence-corrected chi connectivity index (χ1v) is 6.60. The molecule has 0 aliphatic heterocycles. The fraction of sp³-hybridized carbons (Fsp3) is 0.400. The summed E-state index contributed by atoms with van der Waals surface area (Å²) in [6.45, 7) is -0.142. The molecular weight excluding hydrogens is 260 g/mol. The maximum absolute atomic E-state index is 11.8. The lowest BCUT2D eigenvalue weighted by Crippen LogP contribution is -2.34. The molecule has 1 atom stereocenters. The minimum atomic E-state index is -3.77. The Balaban J connectivity index is 2.77. The van der Waals surface area contributed by atoms with E-state index in [-0.39, 0.29) is 29.5 Å². The highest BCUT2D eigenvalue weighted by molar-refractivity contribution is 7.89. The standard InChI is InChI=1S/C10H16N2O5S/c1-17-6-7(13)5-12-18(15,16)8-2-3-10(14)9(11)4-8/h2-4,7,12-14H,5-6,11H2,1H3. The van der Waals surface area contributed by atoms with E-state index in [1.54, 1.807) is 0 Å². The van der Waals surface area contributed by atoms with E-state index in [1.807, 2.05) is 0 Å². The molecular formula is C10H16N2O5S. The van der Waals surface area contributed by atoms with Gasteiger partial charge in [0.05, 0.1) is 23.3 Å². The molecule has 18 heavy (non-hydrogen) atoms. The number of nitrogens with two attached hydrogens (primary N) is 1. The van der Waals surface area contributed by atoms with Crippen molar-refractivity contribution in [3.8, 4) is 5.75 Å². The second-order valence-electron chi connectivity index (χ2n) is 3.68. The number of phenols is 1. The van der Waals surface area contributed by atoms with Gasteiger partial charge < -0.3 is 20.7 Å². The summed E-state index contributed by atoms with van der Waals surface area (Å²) in [7, 11) is -2.37. The highest BCUT2D eigenvalue weighted by atomic mass is 32.2. The van der Waals surface area contributed by atoms with Crippen LogP contribution < -0.4 is 10.5 Å². The molecule has 0 saturated carbocycles. The molecule has 0 aliphatic carbocycles. The summed E-state index contributed by atoms with van der Waals surface area (Å²) in [4.78, 5) is -0.0811. The molecule has 1 aromatic carbocycles. The number of phenolic OH excluding ortho intramolecular Hbond substituents is 1. The number of hydrogen-bond donors (Lipinski definition) is 4. The number of methoxy groups -OCH3 is 1. The Bertz CT molecular complexity index is 503. The van der Waals surface area contributed by atoms with Crippen LogP contribution in [0.25, 0.3) is 0 Å². The van der Waals surface area contributed by atoms with E-state index in [2.05, 4.69) is 9.46 Å². The van der Waals surface area contributed by atoms with E-state index in [9.17, 15) is 18.6 Å². The molecule has 1 rings (SSSR count). The average molecular weight is 276 g/mol. The largest absolute Gasteiger partial charge is 0.506 e. The van der Waals surface area contributed by atoms with Gasteiger partial charge in [-0.3, -0.25) is 0 Å². The Morgan fingerprint density at radius 2 is 2.17 bits per heavy atom. The van der Waals surface area contributed by atoms with Gasteiger partial charge in [-0.25, -0.2) is 13.1 Å². The van der Waals surface area contributed by atoms with Crippen LogP contribution in [0.15, 0.2) is 23.1 Å². The van der Waals surface area contributed by atoms with Gasteiger partial charge in [-0.1, -0.05) is 0 Å². The fourth-order valence-electron chi connectivity index (χ4n) is 1.24. The van der Waals surface area contributed by atoms with Crippen molar-refractivity contribution in [1.29, 1.82) is 0 Å². The Morgan fingerprint density at radius 3 is 2.72 bits per heavy atom. The quantitative estimate of drug-likeness (QED) is 0.401. The van der Waals surface area contributed by atoms with Crippen LogP contribution in [0.2, 0.25) is 0 Å². The predicted octanol–water partition coefficient (Wildman–Crippen LogP) is -0.740. The number of aromatic hydroxyl groups is 1. The third-order valence-electron chi connectivity index (χ3n) is 2.18. The van der Waals surface area contributed by atoms with E-state index >= 15 is 0 Å². The van der Waals surface area contributed by atoms with Crippen LogP contribution in [-0.2, 0) is 14.8 Å². The van der Waals surface area contributed by atoms with Gasteiger partial charge in [-0.2, -0.15) is 0 Å². The lowest BCUT2D eigenvalue weighted by molar-refractivity contribution is 0.0679. The van der Waals surface area contributed by atoms with E-state index in [1.165, 1.54) is 19.2 Å². The van der Waals surface area contributed by atoms with Gasteiger partial charge in [0.2, 0.25) is 10.0 Å². The fourth-order valence-corrected chi connectivity index (χ4v) is 2.35. The van der Waals surface area contributed by atoms with Crippen LogP contribution in [0, 0.1) is 0 Å². The second kappa shape index (κ2) is 6.01. The van der Waals surface area contributed by atoms with Gasteiger partial charge in [-0.15, -0.1) is 0 Å². The number of sulfonamides is 1. The molecule has 7 nitrogen and oxygen atoms in total. The Labute approximate surface area is 105 Å². The summed E-state index contributed by atoms with van der Waals surface area (Å²) in [6, 6.07) is 3.55. The molecule has 8 heteroatoms. The van der Waals surface area contributed by atoms with Crippen molar-refractivity contribution in [2.75, 3.05) is 26.0 Å². The monoisotopic (exact) mass is 276 g/mol. The number of hydrogen-bond acceptors (Lipinski definition) is 6. The lowest BCUT2D eigenvalue weighted by atomic mass is 10.3. The average Bonchev–Trinajstić information content (AvgIpc) is 2.30. The molecule has 0 spiro atoms. The molecule has 0 saturated heterocycles. The summed E-state index contributed by atoms with van der Waals surface area (Å²) >= 11 is 0. The normalized spacial score (nSPS) is 13.4. The topological polar surface area (TPSA) is 122 Å². The zero-order valence-corrected chi connectivity index (χ0v) is 10.6. The molecule has 0 heterocycles. The molecule has 102 valence electrons. The van der Waals surface area contributed by atoms with E-state index < -0.39 is 16.1 Å². The van der Waals surface area contributed by atoms with Crippen molar-refractivity contribution < 1.29 is 23.4 Å². The first kappa shape index (κ1) is 14.7. The van der Waals surface area contributed by atoms with Gasteiger partial charge >= 0.3 is 0 Å². The van der Waals surface area contributed by atoms with Crippen LogP contribution in [0.4, 0.5) is 5.69 Å². The van der Waals surface area contributed by atoms with E-state index in [0.29, 0.717) is 0 Å². The zero-order valence-electron chi connectivity index (χ0n) is 9.83. The van der Waals surface area contributed by atoms with Gasteiger partial charge in [0, 0.05) is 13.7 Å². The van der Waals surface area contributed by atoms with Gasteiger partial charge in [-0.05, 0) is 18.2 Å². The van der Waals surface area contributed by atoms with Crippen LogP contribution in [0.5, 0.6) is 5.75 Å². The summed E-state index contributed by atoms with van der Waals surface area (Å²) < 4.78 is 30.5. The molecule has 0 fully saturated rings. The summed E-state index contributed by atoms with van der Waals surface area (Å²) in [5.41, 5.74) is 5.38. The van der Waals surface area contributed by atoms with Crippen molar-refractivity contribution in [2.45, 2.75) is 11.0 Å². The smallest absolute Gasteiger partial charge is 0.240 e. The molecule has 0 aliphatic rings. The molecule has 1 unspecified atom stereocenters. The van der Waals surface area contributed by atoms with Gasteiger partial charge in [0.15, 0.2) is 0 Å². The van der Waals surface area contributed by atoms with Gasteiger partial charge in [0.25, 0.3) is 0 Å². The van der Waals surface area contributed by atoms with Crippen LogP contribution in [0.1, 0.15) is 0 Å². The SMILES string of the molecule is COCC(O)CNS(=O)(=O)c1ccc(O)c(N)c1. The molecule has 0 aromatic heterocycles. The first-order chi connectivity index (χ1) is 8.36. The molecule has 0 radical (unpaired) electrons. The number of nitrogens with one attached hydrogen (secondary N) is 1. The molecule has 5 N–H and O–H groups in total. The van der Waals surface area contributed by atoms with Crippen molar-refractivity contribution in [1.82, 2.24) is 4.72 Å². The highest BCUT2D eigenvalue weighted by Gasteiger charge is 2.16. The minimum absolute atomic E-state index is 0.0280. The second-order valence-corrected chi connectivity index (χ2v) is 5.45. The Morgan fingerprint density at radius 1 is 1.50 bits per heavy atom. The lowest BCUT2D eigenvalue weighted by Gasteiger charge is -2.11. The third kappa shape index (κ3) is 3.84. The van der Waals surface area contributed by atoms with Gasteiger partial charge in [0.1, 0.15) is 5.75 Å².